The van der Waals surface area contributed by atoms with Gasteiger partial charge in [-0.05, 0) is 11.8 Å². The molecule has 1 aliphatic rings. The highest BCUT2D eigenvalue weighted by Crippen LogP contribution is 2.50. The number of hydrogen-bond donors (Lipinski definition) is 1. The van der Waals surface area contributed by atoms with Crippen molar-refractivity contribution >= 4 is 5.78 Å². The second-order valence-corrected chi connectivity index (χ2v) is 4.41. The number of ketones is 1. The number of hydrogen-bond acceptors (Lipinski definition) is 2. The van der Waals surface area contributed by atoms with Crippen molar-refractivity contribution in [1.82, 2.24) is 0 Å². The molecule has 0 heterocycles. The van der Waals surface area contributed by atoms with Crippen LogP contribution in [0.1, 0.15) is 33.6 Å². The van der Waals surface area contributed by atoms with E-state index in [1.54, 1.807) is 0 Å². The maximum Gasteiger partial charge on any atom is 0.141 e. The maximum absolute atomic E-state index is 11.3. The van der Waals surface area contributed by atoms with E-state index in [4.69, 9.17) is 5.11 Å². The van der Waals surface area contributed by atoms with E-state index in [9.17, 15) is 4.79 Å². The molecule has 0 spiro atoms. The average Bonchev–Trinajstić information content (AvgIpc) is 1.84. The van der Waals surface area contributed by atoms with Crippen LogP contribution in [-0.2, 0) is 4.79 Å². The van der Waals surface area contributed by atoms with Crippen LogP contribution in [0.5, 0.6) is 0 Å². The molecule has 1 N–H and O–H groups in total. The molecule has 2 heteroatoms. The van der Waals surface area contributed by atoms with Crippen molar-refractivity contribution < 1.29 is 9.90 Å². The molecular formula is C9H16O2. The fraction of sp³-hybridized carbons (Fsp3) is 0.889. The number of carbonyl (C=O) groups excluding carboxylic acids is 1. The minimum Gasteiger partial charge on any atom is -0.395 e. The largest absolute Gasteiger partial charge is 0.395 e. The van der Waals surface area contributed by atoms with Gasteiger partial charge < -0.3 is 5.11 Å². The van der Waals surface area contributed by atoms with Crippen molar-refractivity contribution in [3.63, 3.8) is 0 Å². The smallest absolute Gasteiger partial charge is 0.141 e. The number of rotatable bonds is 1. The average molecular weight is 156 g/mol. The third kappa shape index (κ3) is 1.00. The zero-order valence-corrected chi connectivity index (χ0v) is 7.48. The molecule has 0 aromatic carbocycles. The van der Waals surface area contributed by atoms with Crippen LogP contribution in [0.25, 0.3) is 0 Å². The van der Waals surface area contributed by atoms with Crippen LogP contribution in [0.15, 0.2) is 0 Å². The van der Waals surface area contributed by atoms with E-state index in [2.05, 4.69) is 0 Å². The molecule has 1 aliphatic carbocycles. The highest BCUT2D eigenvalue weighted by Gasteiger charge is 2.53. The van der Waals surface area contributed by atoms with E-state index < -0.39 is 5.41 Å². The second-order valence-electron chi connectivity index (χ2n) is 4.41. The molecule has 0 bridgehead atoms. The Morgan fingerprint density at radius 2 is 2.09 bits per heavy atom. The lowest BCUT2D eigenvalue weighted by atomic mass is 9.54. The molecule has 0 aliphatic heterocycles. The van der Waals surface area contributed by atoms with Crippen molar-refractivity contribution in [3.8, 4) is 0 Å². The molecule has 1 saturated carbocycles. The summed E-state index contributed by atoms with van der Waals surface area (Å²) in [5.41, 5.74) is -0.510. The minimum absolute atomic E-state index is 0.00926. The van der Waals surface area contributed by atoms with Crippen molar-refractivity contribution in [1.29, 1.82) is 0 Å². The van der Waals surface area contributed by atoms with E-state index in [0.717, 1.165) is 6.42 Å². The lowest BCUT2D eigenvalue weighted by molar-refractivity contribution is -0.153. The van der Waals surface area contributed by atoms with Gasteiger partial charge in [0.1, 0.15) is 5.78 Å². The van der Waals surface area contributed by atoms with E-state index in [0.29, 0.717) is 6.42 Å². The molecule has 2 nitrogen and oxygen atoms in total. The fourth-order valence-corrected chi connectivity index (χ4v) is 1.73. The summed E-state index contributed by atoms with van der Waals surface area (Å²) in [4.78, 5) is 11.3. The van der Waals surface area contributed by atoms with Crippen LogP contribution in [-0.4, -0.2) is 17.5 Å². The van der Waals surface area contributed by atoms with E-state index in [1.165, 1.54) is 0 Å². The maximum atomic E-state index is 11.3. The highest BCUT2D eigenvalue weighted by atomic mass is 16.3. The third-order valence-electron chi connectivity index (χ3n) is 3.02. The summed E-state index contributed by atoms with van der Waals surface area (Å²) in [6.07, 6.45) is 1.50. The van der Waals surface area contributed by atoms with E-state index >= 15 is 0 Å². The summed E-state index contributed by atoms with van der Waals surface area (Å²) < 4.78 is 0. The molecule has 0 aromatic rings. The Balaban J connectivity index is 2.86. The summed E-state index contributed by atoms with van der Waals surface area (Å²) in [6.45, 7) is 6.05. The standard InChI is InChI=1S/C9H16O2/c1-8(2,3)9(6-10)5-4-7(9)11/h10H,4-6H2,1-3H3. The number of Topliss-reactive ketones (excluding diaryl/α,β-unsaturated/α-hetero) is 1. The number of carbonyl (C=O) groups is 1. The van der Waals surface area contributed by atoms with Crippen LogP contribution in [0.3, 0.4) is 0 Å². The SMILES string of the molecule is CC(C)(C)C1(CO)CCC1=O. The molecule has 1 atom stereocenters. The van der Waals surface area contributed by atoms with Crippen LogP contribution in [0, 0.1) is 10.8 Å². The molecule has 1 rings (SSSR count). The first kappa shape index (κ1) is 8.72. The molecule has 0 amide bonds. The molecule has 0 saturated heterocycles. The first-order valence-electron chi connectivity index (χ1n) is 4.08. The quantitative estimate of drug-likeness (QED) is 0.622. The second kappa shape index (κ2) is 2.31. The molecule has 1 fully saturated rings. The van der Waals surface area contributed by atoms with Crippen molar-refractivity contribution in [2.24, 2.45) is 10.8 Å². The fourth-order valence-electron chi connectivity index (χ4n) is 1.73. The molecule has 0 radical (unpaired) electrons. The Hall–Kier alpha value is -0.370. The van der Waals surface area contributed by atoms with Gasteiger partial charge >= 0.3 is 0 Å². The zero-order valence-electron chi connectivity index (χ0n) is 7.48. The van der Waals surface area contributed by atoms with Gasteiger partial charge in [0.2, 0.25) is 0 Å². The first-order valence-corrected chi connectivity index (χ1v) is 4.08. The van der Waals surface area contributed by atoms with E-state index in [-0.39, 0.29) is 17.8 Å². The Morgan fingerprint density at radius 1 is 1.55 bits per heavy atom. The molecular weight excluding hydrogens is 140 g/mol. The summed E-state index contributed by atoms with van der Waals surface area (Å²) in [5.74, 6) is 0.229. The Kier molecular flexibility index (Phi) is 1.83. The molecule has 64 valence electrons. The summed E-state index contributed by atoms with van der Waals surface area (Å²) in [7, 11) is 0. The Labute approximate surface area is 67.6 Å². The normalized spacial score (nSPS) is 31.8. The lowest BCUT2D eigenvalue weighted by Gasteiger charge is -2.48. The van der Waals surface area contributed by atoms with Crippen LogP contribution in [0.2, 0.25) is 0 Å². The van der Waals surface area contributed by atoms with Crippen molar-refractivity contribution in [2.75, 3.05) is 6.61 Å². The Bertz CT molecular complexity index is 174. The van der Waals surface area contributed by atoms with Gasteiger partial charge in [-0.15, -0.1) is 0 Å². The van der Waals surface area contributed by atoms with Crippen LogP contribution < -0.4 is 0 Å². The van der Waals surface area contributed by atoms with Crippen molar-refractivity contribution in [3.05, 3.63) is 0 Å². The summed E-state index contributed by atoms with van der Waals surface area (Å²) >= 11 is 0. The Morgan fingerprint density at radius 3 is 2.09 bits per heavy atom. The highest BCUT2D eigenvalue weighted by molar-refractivity contribution is 5.91. The zero-order chi connectivity index (χ0) is 8.70. The minimum atomic E-state index is -0.424. The van der Waals surface area contributed by atoms with Gasteiger partial charge in [0.05, 0.1) is 12.0 Å². The lowest BCUT2D eigenvalue weighted by Crippen LogP contribution is -2.52. The van der Waals surface area contributed by atoms with Gasteiger partial charge in [0.15, 0.2) is 0 Å². The number of aliphatic hydroxyl groups excluding tert-OH is 1. The van der Waals surface area contributed by atoms with Gasteiger partial charge in [0.25, 0.3) is 0 Å². The summed E-state index contributed by atoms with van der Waals surface area (Å²) in [6, 6.07) is 0. The van der Waals surface area contributed by atoms with Crippen molar-refractivity contribution in [2.45, 2.75) is 33.6 Å². The number of aliphatic hydroxyl groups is 1. The van der Waals surface area contributed by atoms with Crippen LogP contribution in [0.4, 0.5) is 0 Å². The predicted octanol–water partition coefficient (Wildman–Crippen LogP) is 1.37. The molecule has 0 aromatic heterocycles. The topological polar surface area (TPSA) is 37.3 Å². The molecule has 1 unspecified atom stereocenters. The monoisotopic (exact) mass is 156 g/mol. The van der Waals surface area contributed by atoms with E-state index in [1.807, 2.05) is 20.8 Å². The van der Waals surface area contributed by atoms with Gasteiger partial charge in [-0.2, -0.15) is 0 Å². The third-order valence-corrected chi connectivity index (χ3v) is 3.02. The first-order chi connectivity index (χ1) is 4.94. The molecule has 11 heavy (non-hydrogen) atoms. The van der Waals surface area contributed by atoms with Crippen LogP contribution >= 0.6 is 0 Å². The van der Waals surface area contributed by atoms with Gasteiger partial charge in [-0.25, -0.2) is 0 Å². The van der Waals surface area contributed by atoms with Gasteiger partial charge in [-0.1, -0.05) is 20.8 Å². The predicted molar refractivity (Wildman–Crippen MR) is 43.2 cm³/mol. The van der Waals surface area contributed by atoms with Gasteiger partial charge in [-0.3, -0.25) is 4.79 Å². The summed E-state index contributed by atoms with van der Waals surface area (Å²) in [5, 5.41) is 9.12. The van der Waals surface area contributed by atoms with Gasteiger partial charge in [0, 0.05) is 6.42 Å².